The molecule has 0 spiro atoms. The Morgan fingerprint density at radius 1 is 1.28 bits per heavy atom. The molecule has 0 saturated heterocycles. The highest BCUT2D eigenvalue weighted by atomic mass is 35.5. The lowest BCUT2D eigenvalue weighted by Crippen LogP contribution is -2.38. The number of halogens is 1. The van der Waals surface area contributed by atoms with Crippen LogP contribution in [0.15, 0.2) is 0 Å². The zero-order chi connectivity index (χ0) is 13.8. The number of esters is 1. The van der Waals surface area contributed by atoms with Crippen molar-refractivity contribution in [2.75, 3.05) is 39.3 Å². The molecule has 0 aliphatic heterocycles. The maximum Gasteiger partial charge on any atom is 0.325 e. The van der Waals surface area contributed by atoms with Crippen LogP contribution in [0.4, 0.5) is 0 Å². The lowest BCUT2D eigenvalue weighted by atomic mass is 10.2. The van der Waals surface area contributed by atoms with Gasteiger partial charge in [-0.1, -0.05) is 0 Å². The summed E-state index contributed by atoms with van der Waals surface area (Å²) < 4.78 is 9.76. The molecule has 0 aliphatic rings. The van der Waals surface area contributed by atoms with Crippen LogP contribution < -0.4 is 0 Å². The number of methoxy groups -OCH3 is 1. The molecule has 0 heterocycles. The van der Waals surface area contributed by atoms with Gasteiger partial charge in [0.1, 0.15) is 6.54 Å². The van der Waals surface area contributed by atoms with E-state index in [1.807, 2.05) is 0 Å². The molecule has 1 amide bonds. The van der Waals surface area contributed by atoms with Gasteiger partial charge >= 0.3 is 5.97 Å². The summed E-state index contributed by atoms with van der Waals surface area (Å²) in [7, 11) is 1.56. The molecule has 0 bridgehead atoms. The van der Waals surface area contributed by atoms with Crippen molar-refractivity contribution in [1.82, 2.24) is 4.90 Å². The Kier molecular flexibility index (Phi) is 10.8. The van der Waals surface area contributed by atoms with Crippen molar-refractivity contribution in [2.24, 2.45) is 0 Å². The Labute approximate surface area is 113 Å². The van der Waals surface area contributed by atoms with Gasteiger partial charge in [-0.3, -0.25) is 9.59 Å². The minimum absolute atomic E-state index is 0.0170. The number of unbranched alkanes of at least 4 members (excludes halogenated alkanes) is 1. The Morgan fingerprint density at radius 2 is 2.00 bits per heavy atom. The first-order valence-corrected chi connectivity index (χ1v) is 6.67. The molecule has 0 aliphatic carbocycles. The van der Waals surface area contributed by atoms with Crippen molar-refractivity contribution in [2.45, 2.75) is 26.2 Å². The van der Waals surface area contributed by atoms with Gasteiger partial charge in [0.05, 0.1) is 13.2 Å². The number of rotatable bonds is 10. The maximum absolute atomic E-state index is 11.9. The number of hydrogen-bond donors (Lipinski definition) is 0. The first-order chi connectivity index (χ1) is 8.65. The number of amides is 1. The fraction of sp³-hybridized carbons (Fsp3) is 0.833. The molecule has 5 nitrogen and oxygen atoms in total. The van der Waals surface area contributed by atoms with Gasteiger partial charge in [0.15, 0.2) is 0 Å². The molecule has 0 aromatic carbocycles. The van der Waals surface area contributed by atoms with Gasteiger partial charge in [-0.05, 0) is 19.8 Å². The van der Waals surface area contributed by atoms with Crippen molar-refractivity contribution < 1.29 is 19.1 Å². The lowest BCUT2D eigenvalue weighted by molar-refractivity contribution is -0.149. The van der Waals surface area contributed by atoms with E-state index in [0.29, 0.717) is 32.1 Å². The fourth-order valence-corrected chi connectivity index (χ4v) is 1.57. The summed E-state index contributed by atoms with van der Waals surface area (Å²) in [5, 5.41) is 0. The van der Waals surface area contributed by atoms with Gasteiger partial charge in [0.2, 0.25) is 5.91 Å². The van der Waals surface area contributed by atoms with Gasteiger partial charge in [0.25, 0.3) is 0 Å². The SMILES string of the molecule is CCOC(=O)CN(CCOC)C(=O)CCCCCl. The Hall–Kier alpha value is -0.810. The number of hydrogen-bond acceptors (Lipinski definition) is 4. The predicted octanol–water partition coefficient (Wildman–Crippen LogP) is 1.43. The van der Waals surface area contributed by atoms with Crippen molar-refractivity contribution >= 4 is 23.5 Å². The highest BCUT2D eigenvalue weighted by molar-refractivity contribution is 6.17. The average Bonchev–Trinajstić information content (AvgIpc) is 2.34. The molecule has 0 rings (SSSR count). The third-order valence-corrected chi connectivity index (χ3v) is 2.58. The number of carbonyl (C=O) groups excluding carboxylic acids is 2. The van der Waals surface area contributed by atoms with Gasteiger partial charge in [-0.25, -0.2) is 0 Å². The number of alkyl halides is 1. The molecular formula is C12H22ClNO4. The van der Waals surface area contributed by atoms with Crippen molar-refractivity contribution in [1.29, 1.82) is 0 Å². The van der Waals surface area contributed by atoms with Crippen molar-refractivity contribution in [3.63, 3.8) is 0 Å². The van der Waals surface area contributed by atoms with Gasteiger partial charge < -0.3 is 14.4 Å². The normalized spacial score (nSPS) is 10.2. The summed E-state index contributed by atoms with van der Waals surface area (Å²) in [5.74, 6) is 0.0907. The van der Waals surface area contributed by atoms with E-state index >= 15 is 0 Å². The van der Waals surface area contributed by atoms with Crippen molar-refractivity contribution in [3.8, 4) is 0 Å². The van der Waals surface area contributed by atoms with E-state index in [1.165, 1.54) is 4.90 Å². The van der Waals surface area contributed by atoms with E-state index < -0.39 is 0 Å². The molecule has 0 N–H and O–H groups in total. The molecular weight excluding hydrogens is 258 g/mol. The third kappa shape index (κ3) is 8.31. The van der Waals surface area contributed by atoms with Crippen LogP contribution >= 0.6 is 11.6 Å². The summed E-state index contributed by atoms with van der Waals surface area (Å²) in [6.07, 6.45) is 1.93. The Bertz CT molecular complexity index is 248. The van der Waals surface area contributed by atoms with Gasteiger partial charge in [0, 0.05) is 26.0 Å². The minimum atomic E-state index is -0.390. The molecule has 0 atom stereocenters. The van der Waals surface area contributed by atoms with Crippen molar-refractivity contribution in [3.05, 3.63) is 0 Å². The van der Waals surface area contributed by atoms with E-state index in [9.17, 15) is 9.59 Å². The first-order valence-electron chi connectivity index (χ1n) is 6.14. The summed E-state index contributed by atoms with van der Waals surface area (Å²) in [5.41, 5.74) is 0. The molecule has 0 saturated carbocycles. The van der Waals surface area contributed by atoms with Crippen LogP contribution in [0.2, 0.25) is 0 Å². The number of nitrogens with zero attached hydrogens (tertiary/aromatic N) is 1. The average molecular weight is 280 g/mol. The zero-order valence-electron chi connectivity index (χ0n) is 11.1. The smallest absolute Gasteiger partial charge is 0.325 e. The van der Waals surface area contributed by atoms with Crippen LogP contribution in [0.5, 0.6) is 0 Å². The van der Waals surface area contributed by atoms with E-state index in [1.54, 1.807) is 14.0 Å². The molecule has 0 aromatic rings. The van der Waals surface area contributed by atoms with Crippen LogP contribution in [0.25, 0.3) is 0 Å². The second-order valence-corrected chi connectivity index (χ2v) is 4.14. The summed E-state index contributed by atoms with van der Waals surface area (Å²) >= 11 is 5.55. The molecule has 106 valence electrons. The van der Waals surface area contributed by atoms with E-state index in [-0.39, 0.29) is 18.4 Å². The second-order valence-electron chi connectivity index (χ2n) is 3.76. The van der Waals surface area contributed by atoms with Crippen LogP contribution in [0.3, 0.4) is 0 Å². The Morgan fingerprint density at radius 3 is 2.56 bits per heavy atom. The van der Waals surface area contributed by atoms with E-state index in [2.05, 4.69) is 0 Å². The maximum atomic E-state index is 11.9. The monoisotopic (exact) mass is 279 g/mol. The van der Waals surface area contributed by atoms with Crippen LogP contribution in [0, 0.1) is 0 Å². The van der Waals surface area contributed by atoms with Gasteiger partial charge in [-0.2, -0.15) is 0 Å². The highest BCUT2D eigenvalue weighted by Crippen LogP contribution is 2.03. The molecule has 0 radical (unpaired) electrons. The summed E-state index contributed by atoms with van der Waals surface area (Å²) in [6.45, 7) is 2.84. The fourth-order valence-electron chi connectivity index (χ4n) is 1.38. The van der Waals surface area contributed by atoms with E-state index in [0.717, 1.165) is 12.8 Å². The van der Waals surface area contributed by atoms with Gasteiger partial charge in [-0.15, -0.1) is 11.6 Å². The summed E-state index contributed by atoms with van der Waals surface area (Å²) in [4.78, 5) is 24.7. The lowest BCUT2D eigenvalue weighted by Gasteiger charge is -2.21. The molecule has 18 heavy (non-hydrogen) atoms. The highest BCUT2D eigenvalue weighted by Gasteiger charge is 2.17. The second kappa shape index (κ2) is 11.3. The number of ether oxygens (including phenoxy) is 2. The molecule has 6 heteroatoms. The zero-order valence-corrected chi connectivity index (χ0v) is 11.9. The minimum Gasteiger partial charge on any atom is -0.465 e. The van der Waals surface area contributed by atoms with Crippen LogP contribution in [-0.4, -0.2) is 56.1 Å². The standard InChI is InChI=1S/C12H22ClNO4/c1-3-18-12(16)10-14(8-9-17-2)11(15)6-4-5-7-13/h3-10H2,1-2H3. The van der Waals surface area contributed by atoms with E-state index in [4.69, 9.17) is 21.1 Å². The largest absolute Gasteiger partial charge is 0.465 e. The molecule has 0 unspecified atom stereocenters. The first kappa shape index (κ1) is 17.2. The quantitative estimate of drug-likeness (QED) is 0.345. The molecule has 0 aromatic heterocycles. The Balaban J connectivity index is 4.18. The third-order valence-electron chi connectivity index (χ3n) is 2.32. The molecule has 0 fully saturated rings. The van der Waals surface area contributed by atoms with Crippen LogP contribution in [-0.2, 0) is 19.1 Å². The van der Waals surface area contributed by atoms with Crippen LogP contribution in [0.1, 0.15) is 26.2 Å². The summed E-state index contributed by atoms with van der Waals surface area (Å²) in [6, 6.07) is 0. The number of carbonyl (C=O) groups is 2. The predicted molar refractivity (Wildman–Crippen MR) is 69.7 cm³/mol. The topological polar surface area (TPSA) is 55.8 Å².